The van der Waals surface area contributed by atoms with Crippen LogP contribution in [-0.4, -0.2) is 65.9 Å². The number of hydrogen-bond acceptors (Lipinski definition) is 7. The smallest absolute Gasteiger partial charge is 0.382 e. The topological polar surface area (TPSA) is 99.2 Å². The Bertz CT molecular complexity index is 1790. The molecule has 3 aliphatic heterocycles. The van der Waals surface area contributed by atoms with Crippen LogP contribution in [0.25, 0.3) is 0 Å². The van der Waals surface area contributed by atoms with Gasteiger partial charge in [-0.1, -0.05) is 24.2 Å². The van der Waals surface area contributed by atoms with Gasteiger partial charge in [-0.25, -0.2) is 4.98 Å². The van der Waals surface area contributed by atoms with Gasteiger partial charge in [-0.05, 0) is 54.5 Å². The van der Waals surface area contributed by atoms with Crippen LogP contribution in [0.5, 0.6) is 0 Å². The van der Waals surface area contributed by atoms with Crippen molar-refractivity contribution in [1.29, 1.82) is 0 Å². The van der Waals surface area contributed by atoms with Crippen molar-refractivity contribution in [2.45, 2.75) is 44.7 Å². The number of halogens is 4. The third kappa shape index (κ3) is 5.82. The first-order chi connectivity index (χ1) is 22.3. The molecule has 0 bridgehead atoms. The fourth-order valence-corrected chi connectivity index (χ4v) is 7.12. The minimum absolute atomic E-state index is 0.0710. The number of ether oxygens (including phenoxy) is 1. The molecule has 10 nitrogen and oxygen atoms in total. The summed E-state index contributed by atoms with van der Waals surface area (Å²) >= 11 is 6.78. The van der Waals surface area contributed by atoms with Crippen LogP contribution >= 0.6 is 11.6 Å². The van der Waals surface area contributed by atoms with E-state index in [2.05, 4.69) is 11.6 Å². The third-order valence-electron chi connectivity index (χ3n) is 8.87. The fraction of sp³-hybridized carbons (Fsp3) is 0.364. The van der Waals surface area contributed by atoms with Crippen molar-refractivity contribution < 1.29 is 32.3 Å². The number of aryl methyl sites for hydroxylation is 1. The molecule has 3 aromatic rings. The number of carbonyl (C=O) groups excluding carboxylic acids is 3. The Morgan fingerprint density at radius 1 is 1.21 bits per heavy atom. The molecule has 0 radical (unpaired) electrons. The first-order valence-corrected chi connectivity index (χ1v) is 15.3. The van der Waals surface area contributed by atoms with Gasteiger partial charge >= 0.3 is 6.18 Å². The van der Waals surface area contributed by atoms with Crippen LogP contribution in [0, 0.1) is 12.8 Å². The summed E-state index contributed by atoms with van der Waals surface area (Å²) in [6.45, 7) is 6.08. The SMILES string of the molecule is C=CC(=O)N1Cc2cc(CN3C[C@H]4CC(=O)N(c5cc(C(F)(F)F)cc(C)n5)[C@@H]4C(=O)N(C)c4cccc(Cl)c43)cnc2[C@@H]1COC. The number of fused-ring (bicyclic) bond motifs is 3. The van der Waals surface area contributed by atoms with Crippen LogP contribution < -0.4 is 14.7 Å². The van der Waals surface area contributed by atoms with E-state index in [1.165, 1.54) is 17.9 Å². The summed E-state index contributed by atoms with van der Waals surface area (Å²) in [5.41, 5.74) is 2.54. The van der Waals surface area contributed by atoms with Crippen molar-refractivity contribution in [3.8, 4) is 0 Å². The lowest BCUT2D eigenvalue weighted by molar-refractivity contribution is -0.137. The highest BCUT2D eigenvalue weighted by Gasteiger charge is 2.49. The maximum Gasteiger partial charge on any atom is 0.416 e. The summed E-state index contributed by atoms with van der Waals surface area (Å²) in [5.74, 6) is -2.03. The van der Waals surface area contributed by atoms with Gasteiger partial charge in [-0.15, -0.1) is 0 Å². The van der Waals surface area contributed by atoms with Crippen LogP contribution in [0.3, 0.4) is 0 Å². The molecule has 0 unspecified atom stereocenters. The van der Waals surface area contributed by atoms with Crippen LogP contribution in [0.4, 0.5) is 30.4 Å². The van der Waals surface area contributed by atoms with Gasteiger partial charge in [0.2, 0.25) is 17.7 Å². The first-order valence-electron chi connectivity index (χ1n) is 14.9. The van der Waals surface area contributed by atoms with E-state index >= 15 is 0 Å². The molecular weight excluding hydrogens is 637 g/mol. The molecule has 0 saturated carbocycles. The number of pyridine rings is 2. The average molecular weight is 669 g/mol. The number of methoxy groups -OCH3 is 1. The zero-order valence-electron chi connectivity index (χ0n) is 25.9. The minimum atomic E-state index is -4.66. The quantitative estimate of drug-likeness (QED) is 0.338. The maximum atomic E-state index is 14.1. The molecule has 246 valence electrons. The van der Waals surface area contributed by atoms with Crippen LogP contribution in [-0.2, 0) is 38.4 Å². The lowest BCUT2D eigenvalue weighted by Crippen LogP contribution is -2.52. The molecule has 3 amide bonds. The molecule has 0 aliphatic carbocycles. The zero-order valence-corrected chi connectivity index (χ0v) is 26.7. The normalized spacial score (nSPS) is 21.0. The number of aromatic nitrogens is 2. The van der Waals surface area contributed by atoms with Crippen molar-refractivity contribution in [2.24, 2.45) is 5.92 Å². The Morgan fingerprint density at radius 2 is 1.98 bits per heavy atom. The van der Waals surface area contributed by atoms with Crippen molar-refractivity contribution in [2.75, 3.05) is 42.0 Å². The Balaban J connectivity index is 1.39. The highest BCUT2D eigenvalue weighted by atomic mass is 35.5. The summed E-state index contributed by atoms with van der Waals surface area (Å²) in [5, 5.41) is 0.383. The van der Waals surface area contributed by atoms with Gasteiger partial charge in [0.15, 0.2) is 0 Å². The summed E-state index contributed by atoms with van der Waals surface area (Å²) in [6.07, 6.45) is -1.78. The fourth-order valence-electron chi connectivity index (χ4n) is 6.83. The lowest BCUT2D eigenvalue weighted by Gasteiger charge is -2.39. The van der Waals surface area contributed by atoms with Crippen molar-refractivity contribution in [1.82, 2.24) is 14.9 Å². The second-order valence-corrected chi connectivity index (χ2v) is 12.3. The van der Waals surface area contributed by atoms with Gasteiger partial charge in [-0.3, -0.25) is 24.3 Å². The standard InChI is InChI=1S/C33H32ClF3N6O4/c1-5-27(44)42-16-20-10-19(13-38-29(20)25(42)17-47-4)14-41-15-21-11-28(45)43(26-12-22(33(35,36)37)9-18(2)39-26)30(21)32(46)40(3)24-8-6-7-23(34)31(24)41/h5-10,12-13,21,25,30H,1,11,14-17H2,2-4H3/t21-,25+,30+/m1/s1. The van der Waals surface area contributed by atoms with E-state index in [-0.39, 0.29) is 49.6 Å². The first kappa shape index (κ1) is 32.5. The van der Waals surface area contributed by atoms with Gasteiger partial charge in [0, 0.05) is 58.0 Å². The number of carbonyl (C=O) groups is 3. The number of rotatable bonds is 6. The highest BCUT2D eigenvalue weighted by Crippen LogP contribution is 2.44. The predicted molar refractivity (Wildman–Crippen MR) is 169 cm³/mol. The molecule has 1 aromatic carbocycles. The Labute approximate surface area is 274 Å². The summed E-state index contributed by atoms with van der Waals surface area (Å²) in [7, 11) is 3.11. The number of likely N-dealkylation sites (N-methyl/N-ethyl adjacent to an activating group) is 1. The number of amides is 3. The molecule has 6 rings (SSSR count). The van der Waals surface area contributed by atoms with Crippen LogP contribution in [0.15, 0.2) is 55.3 Å². The van der Waals surface area contributed by atoms with E-state index in [1.807, 2.05) is 11.0 Å². The molecule has 14 heteroatoms. The van der Waals surface area contributed by atoms with Gasteiger partial charge in [-0.2, -0.15) is 13.2 Å². The average Bonchev–Trinajstić information content (AvgIpc) is 3.54. The molecule has 2 aromatic heterocycles. The van der Waals surface area contributed by atoms with Crippen LogP contribution in [0.1, 0.15) is 40.5 Å². The van der Waals surface area contributed by atoms with Crippen molar-refractivity contribution in [3.63, 3.8) is 0 Å². The van der Waals surface area contributed by atoms with E-state index in [0.717, 1.165) is 33.9 Å². The van der Waals surface area contributed by atoms with Crippen molar-refractivity contribution in [3.05, 3.63) is 88.4 Å². The Kier molecular flexibility index (Phi) is 8.47. The molecule has 0 spiro atoms. The number of alkyl halides is 3. The number of anilines is 3. The molecular formula is C33H32ClF3N6O4. The molecule has 3 atom stereocenters. The summed E-state index contributed by atoms with van der Waals surface area (Å²) in [6, 6.07) is 7.35. The molecule has 0 N–H and O–H groups in total. The van der Waals surface area contributed by atoms with Gasteiger partial charge in [0.05, 0.1) is 40.3 Å². The van der Waals surface area contributed by atoms with Crippen molar-refractivity contribution >= 4 is 46.5 Å². The largest absolute Gasteiger partial charge is 0.416 e. The second-order valence-electron chi connectivity index (χ2n) is 11.9. The molecule has 1 fully saturated rings. The zero-order chi connectivity index (χ0) is 33.8. The third-order valence-corrected chi connectivity index (χ3v) is 9.18. The van der Waals surface area contributed by atoms with E-state index < -0.39 is 35.5 Å². The van der Waals surface area contributed by atoms with E-state index in [1.54, 1.807) is 43.5 Å². The van der Waals surface area contributed by atoms with Gasteiger partial charge in [0.25, 0.3) is 0 Å². The van der Waals surface area contributed by atoms with E-state index in [4.69, 9.17) is 21.3 Å². The highest BCUT2D eigenvalue weighted by molar-refractivity contribution is 6.34. The van der Waals surface area contributed by atoms with Gasteiger partial charge in [0.1, 0.15) is 11.9 Å². The predicted octanol–water partition coefficient (Wildman–Crippen LogP) is 5.08. The monoisotopic (exact) mass is 668 g/mol. The van der Waals surface area contributed by atoms with E-state index in [9.17, 15) is 27.6 Å². The number of hydrogen-bond donors (Lipinski definition) is 0. The lowest BCUT2D eigenvalue weighted by atomic mass is 9.95. The summed E-state index contributed by atoms with van der Waals surface area (Å²) < 4.78 is 46.6. The molecule has 3 aliphatic rings. The second kappa shape index (κ2) is 12.3. The van der Waals surface area contributed by atoms with Gasteiger partial charge < -0.3 is 19.4 Å². The Hall–Kier alpha value is -4.49. The Morgan fingerprint density at radius 3 is 2.68 bits per heavy atom. The molecule has 5 heterocycles. The number of para-hydroxylation sites is 1. The summed E-state index contributed by atoms with van der Waals surface area (Å²) in [4.78, 5) is 55.3. The maximum absolute atomic E-state index is 14.1. The minimum Gasteiger partial charge on any atom is -0.382 e. The van der Waals surface area contributed by atoms with E-state index in [0.29, 0.717) is 22.9 Å². The number of nitrogens with zero attached hydrogens (tertiary/aromatic N) is 6. The molecule has 1 saturated heterocycles. The van der Waals surface area contributed by atoms with Crippen LogP contribution in [0.2, 0.25) is 5.02 Å². The number of benzene rings is 1. The molecule has 47 heavy (non-hydrogen) atoms.